The van der Waals surface area contributed by atoms with Gasteiger partial charge in [-0.25, -0.2) is 0 Å². The van der Waals surface area contributed by atoms with E-state index < -0.39 is 0 Å². The maximum Gasteiger partial charge on any atom is 0.261 e. The van der Waals surface area contributed by atoms with Crippen LogP contribution in [0.2, 0.25) is 0 Å². The van der Waals surface area contributed by atoms with Crippen LogP contribution in [0.3, 0.4) is 0 Å². The first-order chi connectivity index (χ1) is 12.7. The van der Waals surface area contributed by atoms with Crippen LogP contribution in [0.1, 0.15) is 34.8 Å². The van der Waals surface area contributed by atoms with Crippen molar-refractivity contribution in [3.63, 3.8) is 0 Å². The quantitative estimate of drug-likeness (QED) is 0.791. The summed E-state index contributed by atoms with van der Waals surface area (Å²) in [5.74, 6) is -0.217. The maximum atomic E-state index is 13.0. The molecule has 26 heavy (non-hydrogen) atoms. The molecule has 0 aliphatic carbocycles. The van der Waals surface area contributed by atoms with Gasteiger partial charge in [-0.1, -0.05) is 36.4 Å². The second-order valence-corrected chi connectivity index (χ2v) is 6.40. The van der Waals surface area contributed by atoms with Crippen LogP contribution in [-0.4, -0.2) is 27.3 Å². The molecule has 0 saturated carbocycles. The molecule has 1 aromatic carbocycles. The average Bonchev–Trinajstić information content (AvgIpc) is 3.19. The second-order valence-electron chi connectivity index (χ2n) is 6.40. The van der Waals surface area contributed by atoms with Crippen LogP contribution in [0, 0.1) is 0 Å². The van der Waals surface area contributed by atoms with Crippen LogP contribution < -0.4 is 5.56 Å². The predicted molar refractivity (Wildman–Crippen MR) is 99.7 cm³/mol. The lowest BCUT2D eigenvalue weighted by Crippen LogP contribution is -2.34. The van der Waals surface area contributed by atoms with Gasteiger partial charge in [0.1, 0.15) is 5.56 Å². The summed E-state index contributed by atoms with van der Waals surface area (Å²) in [6.07, 6.45) is 3.52. The molecule has 3 heterocycles. The number of benzene rings is 1. The molecule has 0 unspecified atom stereocenters. The van der Waals surface area contributed by atoms with Crippen molar-refractivity contribution in [2.24, 2.45) is 0 Å². The molecule has 1 N–H and O–H groups in total. The molecule has 4 rings (SSSR count). The number of likely N-dealkylation sites (tertiary alicyclic amines) is 1. The standard InChI is InChI=1S/C21H19N3O2/c25-20-16(11-12-18(23-20)17-9-4-5-13-22-17)21(26)24-14-6-10-19(24)15-7-2-1-3-8-15/h1-5,7-9,11-13,19H,6,10,14H2,(H,23,25)/t19-/m0/s1. The van der Waals surface area contributed by atoms with Crippen molar-refractivity contribution in [3.05, 3.63) is 88.3 Å². The Labute approximate surface area is 151 Å². The molecule has 1 amide bonds. The van der Waals surface area contributed by atoms with Crippen molar-refractivity contribution in [3.8, 4) is 11.4 Å². The van der Waals surface area contributed by atoms with E-state index in [1.165, 1.54) is 0 Å². The van der Waals surface area contributed by atoms with Gasteiger partial charge in [-0.2, -0.15) is 0 Å². The summed E-state index contributed by atoms with van der Waals surface area (Å²) in [5, 5.41) is 0. The minimum atomic E-state index is -0.378. The highest BCUT2D eigenvalue weighted by molar-refractivity contribution is 5.94. The first-order valence-corrected chi connectivity index (χ1v) is 8.75. The third-order valence-electron chi connectivity index (χ3n) is 4.78. The first-order valence-electron chi connectivity index (χ1n) is 8.75. The number of rotatable bonds is 3. The number of nitrogens with one attached hydrogen (secondary N) is 1. The van der Waals surface area contributed by atoms with Gasteiger partial charge in [-0.15, -0.1) is 0 Å². The van der Waals surface area contributed by atoms with Gasteiger partial charge in [-0.3, -0.25) is 14.6 Å². The number of aromatic amines is 1. The molecule has 5 nitrogen and oxygen atoms in total. The number of hydrogen-bond acceptors (Lipinski definition) is 3. The van der Waals surface area contributed by atoms with E-state index in [2.05, 4.69) is 9.97 Å². The molecule has 1 saturated heterocycles. The Kier molecular flexibility index (Phi) is 4.35. The number of nitrogens with zero attached hydrogens (tertiary/aromatic N) is 2. The molecule has 1 atom stereocenters. The molecule has 3 aromatic rings. The van der Waals surface area contributed by atoms with Crippen LogP contribution in [0.5, 0.6) is 0 Å². The van der Waals surface area contributed by atoms with Crippen molar-refractivity contribution in [2.75, 3.05) is 6.54 Å². The Morgan fingerprint density at radius 2 is 1.85 bits per heavy atom. The van der Waals surface area contributed by atoms with Gasteiger partial charge in [0.15, 0.2) is 0 Å². The van der Waals surface area contributed by atoms with Gasteiger partial charge in [0.05, 0.1) is 17.4 Å². The minimum Gasteiger partial charge on any atom is -0.331 e. The summed E-state index contributed by atoms with van der Waals surface area (Å²) in [6.45, 7) is 0.666. The lowest BCUT2D eigenvalue weighted by atomic mass is 10.0. The Hall–Kier alpha value is -3.21. The van der Waals surface area contributed by atoms with Crippen LogP contribution >= 0.6 is 0 Å². The number of amides is 1. The molecule has 1 aliphatic heterocycles. The van der Waals surface area contributed by atoms with Crippen LogP contribution in [0.4, 0.5) is 0 Å². The highest BCUT2D eigenvalue weighted by Gasteiger charge is 2.31. The normalized spacial score (nSPS) is 16.6. The zero-order valence-corrected chi connectivity index (χ0v) is 14.3. The number of carbonyl (C=O) groups is 1. The second kappa shape index (κ2) is 6.96. The third-order valence-corrected chi connectivity index (χ3v) is 4.78. The first kappa shape index (κ1) is 16.3. The van der Waals surface area contributed by atoms with E-state index >= 15 is 0 Å². The minimum absolute atomic E-state index is 0.0265. The zero-order chi connectivity index (χ0) is 17.9. The van der Waals surface area contributed by atoms with Gasteiger partial charge < -0.3 is 9.88 Å². The van der Waals surface area contributed by atoms with Crippen LogP contribution in [0.15, 0.2) is 71.7 Å². The van der Waals surface area contributed by atoms with E-state index in [-0.39, 0.29) is 23.1 Å². The molecule has 0 spiro atoms. The van der Waals surface area contributed by atoms with E-state index in [0.717, 1.165) is 18.4 Å². The summed E-state index contributed by atoms with van der Waals surface area (Å²) in [7, 11) is 0. The molecule has 130 valence electrons. The van der Waals surface area contributed by atoms with Crippen molar-refractivity contribution in [1.82, 2.24) is 14.9 Å². The smallest absolute Gasteiger partial charge is 0.261 e. The Balaban J connectivity index is 1.63. The Morgan fingerprint density at radius 1 is 1.04 bits per heavy atom. The van der Waals surface area contributed by atoms with E-state index in [0.29, 0.717) is 17.9 Å². The lowest BCUT2D eigenvalue weighted by molar-refractivity contribution is 0.0734. The van der Waals surface area contributed by atoms with E-state index in [4.69, 9.17) is 0 Å². The van der Waals surface area contributed by atoms with Crippen molar-refractivity contribution in [1.29, 1.82) is 0 Å². The Morgan fingerprint density at radius 3 is 2.58 bits per heavy atom. The summed E-state index contributed by atoms with van der Waals surface area (Å²) in [5.41, 5.74) is 2.18. The molecule has 2 aromatic heterocycles. The molecule has 0 radical (unpaired) electrons. The zero-order valence-electron chi connectivity index (χ0n) is 14.3. The van der Waals surface area contributed by atoms with Crippen LogP contribution in [-0.2, 0) is 0 Å². The number of carbonyl (C=O) groups excluding carboxylic acids is 1. The monoisotopic (exact) mass is 345 g/mol. The van der Waals surface area contributed by atoms with Crippen molar-refractivity contribution >= 4 is 5.91 Å². The summed E-state index contributed by atoms with van der Waals surface area (Å²) in [6, 6.07) is 18.8. The van der Waals surface area contributed by atoms with Crippen LogP contribution in [0.25, 0.3) is 11.4 Å². The lowest BCUT2D eigenvalue weighted by Gasteiger charge is -2.25. The fourth-order valence-electron chi connectivity index (χ4n) is 3.50. The summed E-state index contributed by atoms with van der Waals surface area (Å²) >= 11 is 0. The number of H-pyrrole nitrogens is 1. The molecule has 5 heteroatoms. The maximum absolute atomic E-state index is 13.0. The van der Waals surface area contributed by atoms with Gasteiger partial charge in [0, 0.05) is 12.7 Å². The topological polar surface area (TPSA) is 66.1 Å². The van der Waals surface area contributed by atoms with E-state index in [1.54, 1.807) is 23.2 Å². The number of aromatic nitrogens is 2. The van der Waals surface area contributed by atoms with Gasteiger partial charge in [0.25, 0.3) is 11.5 Å². The van der Waals surface area contributed by atoms with Gasteiger partial charge in [0.2, 0.25) is 0 Å². The highest BCUT2D eigenvalue weighted by Crippen LogP contribution is 2.32. The summed E-state index contributed by atoms with van der Waals surface area (Å²) in [4.78, 5) is 34.3. The fourth-order valence-corrected chi connectivity index (χ4v) is 3.50. The SMILES string of the molecule is O=C(c1ccc(-c2ccccn2)[nH]c1=O)N1CCC[C@H]1c1ccccc1. The number of pyridine rings is 2. The highest BCUT2D eigenvalue weighted by atomic mass is 16.2. The predicted octanol–water partition coefficient (Wildman–Crippen LogP) is 3.41. The Bertz CT molecular complexity index is 967. The van der Waals surface area contributed by atoms with E-state index in [1.807, 2.05) is 48.5 Å². The average molecular weight is 345 g/mol. The third kappa shape index (κ3) is 3.04. The van der Waals surface area contributed by atoms with Crippen molar-refractivity contribution in [2.45, 2.75) is 18.9 Å². The van der Waals surface area contributed by atoms with Gasteiger partial charge >= 0.3 is 0 Å². The number of hydrogen-bond donors (Lipinski definition) is 1. The molecular weight excluding hydrogens is 326 g/mol. The fraction of sp³-hybridized carbons (Fsp3) is 0.190. The molecule has 1 fully saturated rings. The molecule has 0 bridgehead atoms. The largest absolute Gasteiger partial charge is 0.331 e. The molecular formula is C21H19N3O2. The van der Waals surface area contributed by atoms with Gasteiger partial charge in [-0.05, 0) is 42.7 Å². The summed E-state index contributed by atoms with van der Waals surface area (Å²) < 4.78 is 0. The van der Waals surface area contributed by atoms with E-state index in [9.17, 15) is 9.59 Å². The molecule has 1 aliphatic rings. The van der Waals surface area contributed by atoms with Crippen molar-refractivity contribution < 1.29 is 4.79 Å².